The van der Waals surface area contributed by atoms with Crippen LogP contribution in [0.1, 0.15) is 17.1 Å². The van der Waals surface area contributed by atoms with Gasteiger partial charge in [0.2, 0.25) is 5.95 Å². The number of aryl methyl sites for hydroxylation is 1. The van der Waals surface area contributed by atoms with Crippen LogP contribution >= 0.6 is 0 Å². The predicted octanol–water partition coefficient (Wildman–Crippen LogP) is 1.47. The Hall–Kier alpha value is -1.88. The molecule has 0 aliphatic heterocycles. The van der Waals surface area contributed by atoms with Gasteiger partial charge in [-0.1, -0.05) is 0 Å². The van der Waals surface area contributed by atoms with E-state index in [1.165, 1.54) is 0 Å². The molecule has 2 aromatic heterocycles. The van der Waals surface area contributed by atoms with Gasteiger partial charge in [0.15, 0.2) is 0 Å². The highest BCUT2D eigenvalue weighted by Crippen LogP contribution is 2.12. The summed E-state index contributed by atoms with van der Waals surface area (Å²) in [4.78, 5) is 10.7. The zero-order valence-corrected chi connectivity index (χ0v) is 10.1. The Morgan fingerprint density at radius 2 is 2.24 bits per heavy atom. The Balaban J connectivity index is 2.18. The van der Waals surface area contributed by atoms with E-state index in [0.29, 0.717) is 19.0 Å². The molecule has 2 rings (SSSR count). The first-order valence-electron chi connectivity index (χ1n) is 5.47. The highest BCUT2D eigenvalue weighted by molar-refractivity contribution is 5.31. The van der Waals surface area contributed by atoms with Crippen molar-refractivity contribution in [3.63, 3.8) is 0 Å². The fourth-order valence-electron chi connectivity index (χ4n) is 1.60. The Morgan fingerprint density at radius 1 is 1.41 bits per heavy atom. The maximum atomic E-state index is 5.60. The second kappa shape index (κ2) is 4.97. The molecule has 2 N–H and O–H groups in total. The van der Waals surface area contributed by atoms with Crippen molar-refractivity contribution in [2.45, 2.75) is 20.0 Å². The average Bonchev–Trinajstić information content (AvgIpc) is 2.81. The van der Waals surface area contributed by atoms with Gasteiger partial charge in [0.05, 0.1) is 18.5 Å². The van der Waals surface area contributed by atoms with Crippen LogP contribution in [0, 0.1) is 6.92 Å². The van der Waals surface area contributed by atoms with Gasteiger partial charge in [-0.15, -0.1) is 0 Å². The topological polar surface area (TPSA) is 68.2 Å². The van der Waals surface area contributed by atoms with Gasteiger partial charge in [-0.25, -0.2) is 9.97 Å². The summed E-state index contributed by atoms with van der Waals surface area (Å²) in [5, 5.41) is 0. The molecule has 0 unspecified atom stereocenters. The third-order valence-electron chi connectivity index (χ3n) is 2.42. The monoisotopic (exact) mass is 232 g/mol. The molecule has 0 aromatic carbocycles. The maximum absolute atomic E-state index is 5.60. The smallest absolute Gasteiger partial charge is 0.225 e. The van der Waals surface area contributed by atoms with Gasteiger partial charge >= 0.3 is 0 Å². The fraction of sp³-hybridized carbons (Fsp3) is 0.333. The summed E-state index contributed by atoms with van der Waals surface area (Å²) in [6.07, 6.45) is 1.66. The van der Waals surface area contributed by atoms with Crippen molar-refractivity contribution in [1.82, 2.24) is 9.97 Å². The molecule has 5 heteroatoms. The number of hydrogen-bond donors (Lipinski definition) is 1. The largest absolute Gasteiger partial charge is 0.467 e. The number of nitrogens with two attached hydrogens (primary N) is 1. The molecule has 2 aromatic rings. The Labute approximate surface area is 100 Å². The lowest BCUT2D eigenvalue weighted by Crippen LogP contribution is -2.20. The van der Waals surface area contributed by atoms with Crippen LogP contribution < -0.4 is 10.6 Å². The van der Waals surface area contributed by atoms with Crippen LogP contribution in [0.4, 0.5) is 5.95 Å². The van der Waals surface area contributed by atoms with Crippen molar-refractivity contribution in [3.8, 4) is 0 Å². The number of anilines is 1. The standard InChI is InChI=1S/C12H16N4O/c1-9-6-10(7-13)15-12(14-9)16(2)8-11-4-3-5-17-11/h3-6H,7-8,13H2,1-2H3. The molecule has 0 spiro atoms. The number of furan rings is 1. The summed E-state index contributed by atoms with van der Waals surface area (Å²) in [7, 11) is 1.93. The Morgan fingerprint density at radius 3 is 2.88 bits per heavy atom. The Bertz CT molecular complexity index is 481. The summed E-state index contributed by atoms with van der Waals surface area (Å²) < 4.78 is 5.29. The van der Waals surface area contributed by atoms with Gasteiger partial charge in [-0.2, -0.15) is 0 Å². The molecule has 0 aliphatic carbocycles. The van der Waals surface area contributed by atoms with E-state index in [4.69, 9.17) is 10.2 Å². The van der Waals surface area contributed by atoms with Crippen molar-refractivity contribution in [1.29, 1.82) is 0 Å². The molecule has 0 fully saturated rings. The lowest BCUT2D eigenvalue weighted by atomic mass is 10.3. The molecule has 0 radical (unpaired) electrons. The number of nitrogens with zero attached hydrogens (tertiary/aromatic N) is 3. The van der Waals surface area contributed by atoms with Crippen molar-refractivity contribution < 1.29 is 4.42 Å². The zero-order valence-electron chi connectivity index (χ0n) is 10.1. The van der Waals surface area contributed by atoms with E-state index in [-0.39, 0.29) is 0 Å². The van der Waals surface area contributed by atoms with Gasteiger partial charge in [0.1, 0.15) is 5.76 Å². The van der Waals surface area contributed by atoms with E-state index < -0.39 is 0 Å². The summed E-state index contributed by atoms with van der Waals surface area (Å²) in [6.45, 7) is 3.00. The van der Waals surface area contributed by atoms with Crippen molar-refractivity contribution in [2.75, 3.05) is 11.9 Å². The van der Waals surface area contributed by atoms with E-state index in [2.05, 4.69) is 9.97 Å². The van der Waals surface area contributed by atoms with E-state index in [0.717, 1.165) is 17.1 Å². The quantitative estimate of drug-likeness (QED) is 0.864. The molecule has 0 bridgehead atoms. The van der Waals surface area contributed by atoms with Crippen molar-refractivity contribution in [3.05, 3.63) is 41.6 Å². The van der Waals surface area contributed by atoms with Crippen molar-refractivity contribution in [2.24, 2.45) is 5.73 Å². The lowest BCUT2D eigenvalue weighted by molar-refractivity contribution is 0.506. The van der Waals surface area contributed by atoms with Crippen LogP contribution in [0.5, 0.6) is 0 Å². The highest BCUT2D eigenvalue weighted by Gasteiger charge is 2.08. The Kier molecular flexibility index (Phi) is 3.39. The third kappa shape index (κ3) is 2.82. The van der Waals surface area contributed by atoms with Gasteiger partial charge < -0.3 is 15.1 Å². The number of aromatic nitrogens is 2. The molecular weight excluding hydrogens is 216 g/mol. The van der Waals surface area contributed by atoms with E-state index in [1.807, 2.05) is 37.1 Å². The first kappa shape index (κ1) is 11.6. The van der Waals surface area contributed by atoms with Crippen LogP contribution in [0.15, 0.2) is 28.9 Å². The molecule has 17 heavy (non-hydrogen) atoms. The molecule has 0 atom stereocenters. The molecular formula is C12H16N4O. The van der Waals surface area contributed by atoms with Crippen molar-refractivity contribution >= 4 is 5.95 Å². The van der Waals surface area contributed by atoms with Crippen LogP contribution in [0.3, 0.4) is 0 Å². The number of hydrogen-bond acceptors (Lipinski definition) is 5. The van der Waals surface area contributed by atoms with Gasteiger partial charge in [0.25, 0.3) is 0 Å². The van der Waals surface area contributed by atoms with Gasteiger partial charge in [0, 0.05) is 19.3 Å². The number of rotatable bonds is 4. The van der Waals surface area contributed by atoms with Gasteiger partial charge in [-0.05, 0) is 25.1 Å². The molecule has 2 heterocycles. The van der Waals surface area contributed by atoms with E-state index >= 15 is 0 Å². The summed E-state index contributed by atoms with van der Waals surface area (Å²) >= 11 is 0. The average molecular weight is 232 g/mol. The second-order valence-corrected chi connectivity index (χ2v) is 3.94. The predicted molar refractivity (Wildman–Crippen MR) is 65.5 cm³/mol. The first-order valence-corrected chi connectivity index (χ1v) is 5.47. The van der Waals surface area contributed by atoms with Gasteiger partial charge in [-0.3, -0.25) is 0 Å². The fourth-order valence-corrected chi connectivity index (χ4v) is 1.60. The molecule has 90 valence electrons. The molecule has 0 saturated heterocycles. The van der Waals surface area contributed by atoms with Crippen LogP contribution in [0.25, 0.3) is 0 Å². The SMILES string of the molecule is Cc1cc(CN)nc(N(C)Cc2ccco2)n1. The minimum Gasteiger partial charge on any atom is -0.467 e. The van der Waals surface area contributed by atoms with E-state index in [1.54, 1.807) is 6.26 Å². The maximum Gasteiger partial charge on any atom is 0.225 e. The highest BCUT2D eigenvalue weighted by atomic mass is 16.3. The normalized spacial score (nSPS) is 10.5. The zero-order chi connectivity index (χ0) is 12.3. The second-order valence-electron chi connectivity index (χ2n) is 3.94. The molecule has 0 saturated carbocycles. The molecule has 0 amide bonds. The van der Waals surface area contributed by atoms with E-state index in [9.17, 15) is 0 Å². The van der Waals surface area contributed by atoms with Crippen LogP contribution in [-0.2, 0) is 13.1 Å². The van der Waals surface area contributed by atoms with Crippen LogP contribution in [0.2, 0.25) is 0 Å². The minimum atomic E-state index is 0.422. The summed E-state index contributed by atoms with van der Waals surface area (Å²) in [5.41, 5.74) is 7.36. The molecule has 5 nitrogen and oxygen atoms in total. The molecule has 0 aliphatic rings. The third-order valence-corrected chi connectivity index (χ3v) is 2.42. The minimum absolute atomic E-state index is 0.422. The van der Waals surface area contributed by atoms with Crippen LogP contribution in [-0.4, -0.2) is 17.0 Å². The first-order chi connectivity index (χ1) is 8.19. The lowest BCUT2D eigenvalue weighted by Gasteiger charge is -2.16. The summed E-state index contributed by atoms with van der Waals surface area (Å²) in [6, 6.07) is 5.69. The summed E-state index contributed by atoms with van der Waals surface area (Å²) in [5.74, 6) is 1.55.